The molecule has 0 N–H and O–H groups in total. The Hall–Kier alpha value is -1.77. The van der Waals surface area contributed by atoms with Crippen LogP contribution in [0.5, 0.6) is 11.5 Å². The second kappa shape index (κ2) is 3.77. The average molecular weight is 204 g/mol. The van der Waals surface area contributed by atoms with E-state index in [0.29, 0.717) is 0 Å². The minimum atomic E-state index is 0.0465. The van der Waals surface area contributed by atoms with Crippen LogP contribution >= 0.6 is 0 Å². The lowest BCUT2D eigenvalue weighted by Gasteiger charge is -2.02. The molecule has 1 aromatic carbocycles. The van der Waals surface area contributed by atoms with E-state index in [1.807, 2.05) is 25.1 Å². The lowest BCUT2D eigenvalue weighted by atomic mass is 10.1. The SMILES string of the molecule is CC(=O)/C=C(/C)c1ccc2c(c1)OCO2. The van der Waals surface area contributed by atoms with Crippen LogP contribution in [0.15, 0.2) is 24.3 Å². The molecule has 0 fully saturated rings. The summed E-state index contributed by atoms with van der Waals surface area (Å²) in [5.41, 5.74) is 1.91. The first-order valence-corrected chi connectivity index (χ1v) is 4.76. The summed E-state index contributed by atoms with van der Waals surface area (Å²) in [5.74, 6) is 1.54. The van der Waals surface area contributed by atoms with Gasteiger partial charge < -0.3 is 9.47 Å². The molecule has 1 aliphatic rings. The summed E-state index contributed by atoms with van der Waals surface area (Å²) in [4.78, 5) is 10.9. The Bertz CT molecular complexity index is 432. The lowest BCUT2D eigenvalue weighted by Crippen LogP contribution is -1.92. The van der Waals surface area contributed by atoms with Crippen molar-refractivity contribution in [3.05, 3.63) is 29.8 Å². The fourth-order valence-corrected chi connectivity index (χ4v) is 1.53. The van der Waals surface area contributed by atoms with Gasteiger partial charge in [0.15, 0.2) is 17.3 Å². The topological polar surface area (TPSA) is 35.5 Å². The average Bonchev–Trinajstić information content (AvgIpc) is 2.62. The molecular formula is C12H12O3. The number of benzene rings is 1. The van der Waals surface area contributed by atoms with Gasteiger partial charge in [0, 0.05) is 0 Å². The predicted octanol–water partition coefficient (Wildman–Crippen LogP) is 2.41. The van der Waals surface area contributed by atoms with Crippen molar-refractivity contribution in [2.45, 2.75) is 13.8 Å². The number of ether oxygens (including phenoxy) is 2. The Morgan fingerprint density at radius 2 is 2.00 bits per heavy atom. The molecule has 1 heterocycles. The molecule has 1 aromatic rings. The number of ketones is 1. The van der Waals surface area contributed by atoms with Crippen LogP contribution in [0, 0.1) is 0 Å². The minimum Gasteiger partial charge on any atom is -0.454 e. The van der Waals surface area contributed by atoms with E-state index in [1.165, 1.54) is 6.92 Å². The van der Waals surface area contributed by atoms with Crippen molar-refractivity contribution >= 4 is 11.4 Å². The molecule has 0 aromatic heterocycles. The standard InChI is InChI=1S/C12H12O3/c1-8(5-9(2)13)10-3-4-11-12(6-10)15-7-14-11/h3-6H,7H2,1-2H3/b8-5-. The smallest absolute Gasteiger partial charge is 0.231 e. The molecular weight excluding hydrogens is 192 g/mol. The summed E-state index contributed by atoms with van der Waals surface area (Å²) in [7, 11) is 0. The van der Waals surface area contributed by atoms with Crippen molar-refractivity contribution in [2.75, 3.05) is 6.79 Å². The molecule has 0 amide bonds. The number of fused-ring (bicyclic) bond motifs is 1. The molecule has 1 aliphatic heterocycles. The maximum atomic E-state index is 10.9. The van der Waals surface area contributed by atoms with Crippen LogP contribution in [-0.4, -0.2) is 12.6 Å². The first-order valence-electron chi connectivity index (χ1n) is 4.76. The van der Waals surface area contributed by atoms with Crippen LogP contribution in [0.2, 0.25) is 0 Å². The summed E-state index contributed by atoms with van der Waals surface area (Å²) in [6, 6.07) is 5.66. The fourth-order valence-electron chi connectivity index (χ4n) is 1.53. The second-order valence-electron chi connectivity index (χ2n) is 3.51. The second-order valence-corrected chi connectivity index (χ2v) is 3.51. The van der Waals surface area contributed by atoms with E-state index >= 15 is 0 Å². The molecule has 15 heavy (non-hydrogen) atoms. The van der Waals surface area contributed by atoms with Crippen LogP contribution in [0.25, 0.3) is 5.57 Å². The lowest BCUT2D eigenvalue weighted by molar-refractivity contribution is -0.112. The van der Waals surface area contributed by atoms with Gasteiger partial charge in [-0.3, -0.25) is 4.79 Å². The van der Waals surface area contributed by atoms with Crippen LogP contribution < -0.4 is 9.47 Å². The number of hydrogen-bond donors (Lipinski definition) is 0. The van der Waals surface area contributed by atoms with Crippen molar-refractivity contribution in [1.82, 2.24) is 0 Å². The molecule has 0 atom stereocenters. The highest BCUT2D eigenvalue weighted by molar-refractivity contribution is 5.94. The predicted molar refractivity (Wildman–Crippen MR) is 56.9 cm³/mol. The van der Waals surface area contributed by atoms with E-state index in [9.17, 15) is 4.79 Å². The van der Waals surface area contributed by atoms with Crippen molar-refractivity contribution in [1.29, 1.82) is 0 Å². The summed E-state index contributed by atoms with van der Waals surface area (Å²) >= 11 is 0. The van der Waals surface area contributed by atoms with Gasteiger partial charge in [-0.1, -0.05) is 6.07 Å². The number of allylic oxidation sites excluding steroid dienone is 2. The van der Waals surface area contributed by atoms with Gasteiger partial charge in [-0.2, -0.15) is 0 Å². The van der Waals surface area contributed by atoms with Gasteiger partial charge in [0.2, 0.25) is 6.79 Å². The van der Waals surface area contributed by atoms with Crippen molar-refractivity contribution in [3.8, 4) is 11.5 Å². The largest absolute Gasteiger partial charge is 0.454 e. The molecule has 3 heteroatoms. The van der Waals surface area contributed by atoms with Crippen molar-refractivity contribution in [3.63, 3.8) is 0 Å². The summed E-state index contributed by atoms with van der Waals surface area (Å²) in [6.45, 7) is 3.71. The van der Waals surface area contributed by atoms with Gasteiger partial charge in [-0.25, -0.2) is 0 Å². The van der Waals surface area contributed by atoms with E-state index in [4.69, 9.17) is 9.47 Å². The summed E-state index contributed by atoms with van der Waals surface area (Å²) in [6.07, 6.45) is 1.61. The molecule has 0 saturated carbocycles. The van der Waals surface area contributed by atoms with E-state index in [2.05, 4.69) is 0 Å². The van der Waals surface area contributed by atoms with E-state index in [1.54, 1.807) is 6.08 Å². The Morgan fingerprint density at radius 3 is 2.73 bits per heavy atom. The summed E-state index contributed by atoms with van der Waals surface area (Å²) in [5, 5.41) is 0. The number of carbonyl (C=O) groups is 1. The van der Waals surface area contributed by atoms with E-state index in [-0.39, 0.29) is 12.6 Å². The van der Waals surface area contributed by atoms with Gasteiger partial charge in [-0.05, 0) is 43.2 Å². The maximum absolute atomic E-state index is 10.9. The number of rotatable bonds is 2. The third kappa shape index (κ3) is 2.01. The minimum absolute atomic E-state index is 0.0465. The van der Waals surface area contributed by atoms with Crippen molar-refractivity contribution in [2.24, 2.45) is 0 Å². The first kappa shape index (κ1) is 9.77. The van der Waals surface area contributed by atoms with E-state index < -0.39 is 0 Å². The molecule has 0 bridgehead atoms. The highest BCUT2D eigenvalue weighted by Crippen LogP contribution is 2.34. The molecule has 0 radical (unpaired) electrons. The highest BCUT2D eigenvalue weighted by atomic mass is 16.7. The Kier molecular flexibility index (Phi) is 2.46. The van der Waals surface area contributed by atoms with E-state index in [0.717, 1.165) is 22.6 Å². The van der Waals surface area contributed by atoms with Crippen LogP contribution in [0.4, 0.5) is 0 Å². The third-order valence-electron chi connectivity index (χ3n) is 2.25. The van der Waals surface area contributed by atoms with Gasteiger partial charge in [0.25, 0.3) is 0 Å². The first-order chi connectivity index (χ1) is 7.16. The van der Waals surface area contributed by atoms with Gasteiger partial charge in [0.05, 0.1) is 0 Å². The quantitative estimate of drug-likeness (QED) is 0.694. The van der Waals surface area contributed by atoms with Gasteiger partial charge in [0.1, 0.15) is 0 Å². The molecule has 78 valence electrons. The maximum Gasteiger partial charge on any atom is 0.231 e. The molecule has 0 unspecified atom stereocenters. The Balaban J connectivity index is 2.34. The zero-order chi connectivity index (χ0) is 10.8. The van der Waals surface area contributed by atoms with Crippen molar-refractivity contribution < 1.29 is 14.3 Å². The third-order valence-corrected chi connectivity index (χ3v) is 2.25. The fraction of sp³-hybridized carbons (Fsp3) is 0.250. The summed E-state index contributed by atoms with van der Waals surface area (Å²) < 4.78 is 10.5. The Morgan fingerprint density at radius 1 is 1.27 bits per heavy atom. The zero-order valence-electron chi connectivity index (χ0n) is 8.74. The van der Waals surface area contributed by atoms with Gasteiger partial charge >= 0.3 is 0 Å². The molecule has 2 rings (SSSR count). The molecule has 0 saturated heterocycles. The number of carbonyl (C=O) groups excluding carboxylic acids is 1. The van der Waals surface area contributed by atoms with Crippen LogP contribution in [-0.2, 0) is 4.79 Å². The monoisotopic (exact) mass is 204 g/mol. The number of hydrogen-bond acceptors (Lipinski definition) is 3. The zero-order valence-corrected chi connectivity index (χ0v) is 8.74. The van der Waals surface area contributed by atoms with Gasteiger partial charge in [-0.15, -0.1) is 0 Å². The normalized spacial score (nSPS) is 14.1. The molecule has 0 aliphatic carbocycles. The molecule has 3 nitrogen and oxygen atoms in total. The van der Waals surface area contributed by atoms with Crippen LogP contribution in [0.3, 0.4) is 0 Å². The highest BCUT2D eigenvalue weighted by Gasteiger charge is 2.13. The molecule has 0 spiro atoms. The Labute approximate surface area is 88.3 Å². The van der Waals surface area contributed by atoms with Crippen LogP contribution in [0.1, 0.15) is 19.4 Å².